The summed E-state index contributed by atoms with van der Waals surface area (Å²) in [5, 5.41) is 0. The van der Waals surface area contributed by atoms with Crippen LogP contribution < -0.4 is 9.44 Å². The van der Waals surface area contributed by atoms with Crippen molar-refractivity contribution in [1.29, 1.82) is 0 Å². The molecule has 0 bridgehead atoms. The second-order valence-electron chi connectivity index (χ2n) is 5.05. The fraction of sp³-hybridized carbons (Fsp3) is 0.250. The van der Waals surface area contributed by atoms with Crippen LogP contribution in [0.3, 0.4) is 0 Å². The number of hydrogen-bond donors (Lipinski definition) is 2. The number of rotatable bonds is 7. The summed E-state index contributed by atoms with van der Waals surface area (Å²) in [4.78, 5) is 0.388. The molecule has 0 heterocycles. The summed E-state index contributed by atoms with van der Waals surface area (Å²) in [6.07, 6.45) is 0. The Balaban J connectivity index is 2.27. The van der Waals surface area contributed by atoms with E-state index in [4.69, 9.17) is 0 Å². The standard InChI is InChI=1S/C16H20N2O4S2/c1-3-17-23(19,20)15-9-5-13(6-10-15)14-7-11-16(12-8-14)24(21,22)18-4-2/h5-12,17-18H,3-4H2,1-2H3. The first-order valence-corrected chi connectivity index (χ1v) is 10.5. The Hall–Kier alpha value is -1.74. The lowest BCUT2D eigenvalue weighted by molar-refractivity contribution is 0.582. The molecule has 0 unspecified atom stereocenters. The summed E-state index contributed by atoms with van der Waals surface area (Å²) in [6, 6.07) is 12.9. The molecule has 0 amide bonds. The van der Waals surface area contributed by atoms with Crippen LogP contribution in [0.1, 0.15) is 13.8 Å². The van der Waals surface area contributed by atoms with E-state index in [1.807, 2.05) is 0 Å². The highest BCUT2D eigenvalue weighted by atomic mass is 32.2. The molecule has 0 aliphatic heterocycles. The van der Waals surface area contributed by atoms with E-state index in [0.29, 0.717) is 13.1 Å². The van der Waals surface area contributed by atoms with Gasteiger partial charge in [-0.3, -0.25) is 0 Å². The van der Waals surface area contributed by atoms with E-state index in [1.54, 1.807) is 38.1 Å². The number of hydrogen-bond acceptors (Lipinski definition) is 4. The van der Waals surface area contributed by atoms with E-state index in [-0.39, 0.29) is 9.79 Å². The number of nitrogens with one attached hydrogen (secondary N) is 2. The van der Waals surface area contributed by atoms with Gasteiger partial charge in [0.2, 0.25) is 20.0 Å². The molecule has 24 heavy (non-hydrogen) atoms. The van der Waals surface area contributed by atoms with Gasteiger partial charge in [0.1, 0.15) is 0 Å². The van der Waals surface area contributed by atoms with Crippen LogP contribution in [0.2, 0.25) is 0 Å². The second-order valence-corrected chi connectivity index (χ2v) is 8.59. The van der Waals surface area contributed by atoms with Crippen LogP contribution in [-0.4, -0.2) is 29.9 Å². The van der Waals surface area contributed by atoms with Crippen LogP contribution in [0, 0.1) is 0 Å². The van der Waals surface area contributed by atoms with Crippen LogP contribution in [0.4, 0.5) is 0 Å². The lowest BCUT2D eigenvalue weighted by Gasteiger charge is -2.08. The van der Waals surface area contributed by atoms with Gasteiger partial charge in [0, 0.05) is 13.1 Å². The van der Waals surface area contributed by atoms with E-state index in [0.717, 1.165) is 11.1 Å². The minimum atomic E-state index is -3.48. The smallest absolute Gasteiger partial charge is 0.211 e. The molecule has 130 valence electrons. The highest BCUT2D eigenvalue weighted by Gasteiger charge is 2.14. The molecule has 0 spiro atoms. The average molecular weight is 368 g/mol. The Labute approximate surface area is 143 Å². The summed E-state index contributed by atoms with van der Waals surface area (Å²) in [5.74, 6) is 0. The van der Waals surface area contributed by atoms with Gasteiger partial charge < -0.3 is 0 Å². The highest BCUT2D eigenvalue weighted by molar-refractivity contribution is 7.89. The SMILES string of the molecule is CCNS(=O)(=O)c1ccc(-c2ccc(S(=O)(=O)NCC)cc2)cc1. The molecule has 2 aromatic rings. The molecule has 0 aliphatic carbocycles. The maximum atomic E-state index is 11.9. The van der Waals surface area contributed by atoms with Gasteiger partial charge >= 0.3 is 0 Å². The summed E-state index contributed by atoms with van der Waals surface area (Å²) in [7, 11) is -6.96. The van der Waals surface area contributed by atoms with Gasteiger partial charge in [-0.15, -0.1) is 0 Å². The third kappa shape index (κ3) is 4.21. The predicted molar refractivity (Wildman–Crippen MR) is 93.6 cm³/mol. The highest BCUT2D eigenvalue weighted by Crippen LogP contribution is 2.23. The molecule has 0 saturated carbocycles. The minimum absolute atomic E-state index is 0.194. The first-order valence-electron chi connectivity index (χ1n) is 7.50. The normalized spacial score (nSPS) is 12.2. The Morgan fingerprint density at radius 2 is 0.917 bits per heavy atom. The number of benzene rings is 2. The van der Waals surface area contributed by atoms with Crippen molar-refractivity contribution < 1.29 is 16.8 Å². The van der Waals surface area contributed by atoms with E-state index in [2.05, 4.69) is 9.44 Å². The van der Waals surface area contributed by atoms with Gasteiger partial charge in [-0.1, -0.05) is 38.1 Å². The van der Waals surface area contributed by atoms with Gasteiger partial charge in [-0.2, -0.15) is 0 Å². The van der Waals surface area contributed by atoms with E-state index < -0.39 is 20.0 Å². The molecule has 0 atom stereocenters. The number of sulfonamides is 2. The van der Waals surface area contributed by atoms with Crippen LogP contribution in [0.15, 0.2) is 58.3 Å². The van der Waals surface area contributed by atoms with Crippen LogP contribution in [0.5, 0.6) is 0 Å². The van der Waals surface area contributed by atoms with Crippen molar-refractivity contribution in [3.05, 3.63) is 48.5 Å². The average Bonchev–Trinajstić information content (AvgIpc) is 2.55. The Morgan fingerprint density at radius 1 is 0.625 bits per heavy atom. The predicted octanol–water partition coefficient (Wildman–Crippen LogP) is 1.95. The van der Waals surface area contributed by atoms with Gasteiger partial charge in [-0.05, 0) is 35.4 Å². The third-order valence-electron chi connectivity index (χ3n) is 3.33. The summed E-state index contributed by atoms with van der Waals surface area (Å²) in [6.45, 7) is 4.08. The molecular formula is C16H20N2O4S2. The van der Waals surface area contributed by atoms with Crippen molar-refractivity contribution in [1.82, 2.24) is 9.44 Å². The fourth-order valence-electron chi connectivity index (χ4n) is 2.20. The van der Waals surface area contributed by atoms with Crippen molar-refractivity contribution in [2.24, 2.45) is 0 Å². The minimum Gasteiger partial charge on any atom is -0.211 e. The molecule has 6 nitrogen and oxygen atoms in total. The molecule has 0 aliphatic rings. The summed E-state index contributed by atoms with van der Waals surface area (Å²) < 4.78 is 52.5. The third-order valence-corrected chi connectivity index (χ3v) is 6.45. The molecule has 8 heteroatoms. The fourth-order valence-corrected chi connectivity index (χ4v) is 4.28. The monoisotopic (exact) mass is 368 g/mol. The van der Waals surface area contributed by atoms with Gasteiger partial charge in [0.25, 0.3) is 0 Å². The molecule has 2 rings (SSSR count). The van der Waals surface area contributed by atoms with Crippen LogP contribution >= 0.6 is 0 Å². The zero-order chi connectivity index (χ0) is 17.8. The maximum absolute atomic E-state index is 11.9. The van der Waals surface area contributed by atoms with E-state index in [1.165, 1.54) is 24.3 Å². The van der Waals surface area contributed by atoms with Gasteiger partial charge in [0.15, 0.2) is 0 Å². The van der Waals surface area contributed by atoms with E-state index in [9.17, 15) is 16.8 Å². The molecule has 0 fully saturated rings. The van der Waals surface area contributed by atoms with Crippen LogP contribution in [0.25, 0.3) is 11.1 Å². The molecule has 0 saturated heterocycles. The van der Waals surface area contributed by atoms with E-state index >= 15 is 0 Å². The van der Waals surface area contributed by atoms with Crippen molar-refractivity contribution in [2.75, 3.05) is 13.1 Å². The Kier molecular flexibility index (Phi) is 5.76. The van der Waals surface area contributed by atoms with Crippen molar-refractivity contribution in [2.45, 2.75) is 23.6 Å². The summed E-state index contributed by atoms with van der Waals surface area (Å²) >= 11 is 0. The zero-order valence-electron chi connectivity index (χ0n) is 13.5. The lowest BCUT2D eigenvalue weighted by Crippen LogP contribution is -2.23. The molecule has 0 radical (unpaired) electrons. The molecule has 2 N–H and O–H groups in total. The topological polar surface area (TPSA) is 92.3 Å². The van der Waals surface area contributed by atoms with Gasteiger partial charge in [0.05, 0.1) is 9.79 Å². The lowest BCUT2D eigenvalue weighted by atomic mass is 10.1. The Bertz CT molecular complexity index is 811. The van der Waals surface area contributed by atoms with Crippen molar-refractivity contribution in [3.8, 4) is 11.1 Å². The molecular weight excluding hydrogens is 348 g/mol. The largest absolute Gasteiger partial charge is 0.240 e. The quantitative estimate of drug-likeness (QED) is 0.781. The molecule has 0 aromatic heterocycles. The van der Waals surface area contributed by atoms with Crippen LogP contribution in [-0.2, 0) is 20.0 Å². The zero-order valence-corrected chi connectivity index (χ0v) is 15.1. The van der Waals surface area contributed by atoms with Gasteiger partial charge in [-0.25, -0.2) is 26.3 Å². The van der Waals surface area contributed by atoms with Crippen molar-refractivity contribution in [3.63, 3.8) is 0 Å². The maximum Gasteiger partial charge on any atom is 0.240 e. The first-order chi connectivity index (χ1) is 11.3. The first kappa shape index (κ1) is 18.6. The van der Waals surface area contributed by atoms with Crippen molar-refractivity contribution >= 4 is 20.0 Å². The Morgan fingerprint density at radius 3 is 1.17 bits per heavy atom. The second kappa shape index (κ2) is 7.43. The summed E-state index contributed by atoms with van der Waals surface area (Å²) in [5.41, 5.74) is 1.61. The molecule has 2 aromatic carbocycles.